The standard InChI is InChI=1S/C14H16F2N2O2/c15-14(16)3-1-9(2-4-14)12(19)10-7-11-13(18-8-10)17-5-6-20-11/h7-9H,1-6H2,(H,17,18). The first-order valence-electron chi connectivity index (χ1n) is 6.84. The number of aromatic nitrogens is 1. The highest BCUT2D eigenvalue weighted by molar-refractivity contribution is 5.98. The second kappa shape index (κ2) is 5.00. The van der Waals surface area contributed by atoms with Crippen molar-refractivity contribution in [2.24, 2.45) is 5.92 Å². The van der Waals surface area contributed by atoms with E-state index in [9.17, 15) is 13.6 Å². The maximum absolute atomic E-state index is 13.1. The molecule has 1 aromatic heterocycles. The summed E-state index contributed by atoms with van der Waals surface area (Å²) < 4.78 is 31.7. The van der Waals surface area contributed by atoms with Gasteiger partial charge in [-0.1, -0.05) is 0 Å². The minimum Gasteiger partial charge on any atom is -0.488 e. The van der Waals surface area contributed by atoms with Crippen LogP contribution in [0.3, 0.4) is 0 Å². The molecule has 6 heteroatoms. The number of pyridine rings is 1. The lowest BCUT2D eigenvalue weighted by Gasteiger charge is -2.27. The molecule has 4 nitrogen and oxygen atoms in total. The smallest absolute Gasteiger partial charge is 0.248 e. The highest BCUT2D eigenvalue weighted by Crippen LogP contribution is 2.38. The molecule has 2 aliphatic rings. The molecule has 0 spiro atoms. The van der Waals surface area contributed by atoms with Crippen LogP contribution >= 0.6 is 0 Å². The van der Waals surface area contributed by atoms with Gasteiger partial charge >= 0.3 is 0 Å². The van der Waals surface area contributed by atoms with Crippen molar-refractivity contribution in [1.29, 1.82) is 0 Å². The number of carbonyl (C=O) groups excluding carboxylic acids is 1. The van der Waals surface area contributed by atoms with Gasteiger partial charge in [-0.25, -0.2) is 13.8 Å². The lowest BCUT2D eigenvalue weighted by Crippen LogP contribution is -2.29. The van der Waals surface area contributed by atoms with Gasteiger partial charge in [0.2, 0.25) is 5.92 Å². The molecule has 1 aliphatic heterocycles. The molecule has 20 heavy (non-hydrogen) atoms. The van der Waals surface area contributed by atoms with E-state index in [1.165, 1.54) is 6.20 Å². The second-order valence-electron chi connectivity index (χ2n) is 5.34. The maximum atomic E-state index is 13.1. The summed E-state index contributed by atoms with van der Waals surface area (Å²) in [5.41, 5.74) is 0.447. The van der Waals surface area contributed by atoms with Crippen LogP contribution in [0.1, 0.15) is 36.0 Å². The van der Waals surface area contributed by atoms with Crippen molar-refractivity contribution in [2.75, 3.05) is 18.5 Å². The Kier molecular flexibility index (Phi) is 3.31. The molecule has 1 aliphatic carbocycles. The number of ether oxygens (including phenoxy) is 1. The highest BCUT2D eigenvalue weighted by atomic mass is 19.3. The Morgan fingerprint density at radius 2 is 2.15 bits per heavy atom. The molecule has 0 saturated heterocycles. The van der Waals surface area contributed by atoms with Crippen LogP contribution in [-0.4, -0.2) is 29.8 Å². The van der Waals surface area contributed by atoms with Crippen molar-refractivity contribution >= 4 is 11.6 Å². The third-order valence-corrected chi connectivity index (χ3v) is 3.88. The Labute approximate surface area is 115 Å². The molecular formula is C14H16F2N2O2. The first-order chi connectivity index (χ1) is 9.55. The number of anilines is 1. The number of Topliss-reactive ketones (excluding diaryl/α,β-unsaturated/α-hetero) is 1. The number of rotatable bonds is 2. The van der Waals surface area contributed by atoms with Crippen LogP contribution in [0.5, 0.6) is 5.75 Å². The van der Waals surface area contributed by atoms with Crippen LogP contribution in [0.25, 0.3) is 0 Å². The first-order valence-corrected chi connectivity index (χ1v) is 6.84. The fourth-order valence-corrected chi connectivity index (χ4v) is 2.69. The molecule has 0 bridgehead atoms. The summed E-state index contributed by atoms with van der Waals surface area (Å²) in [4.78, 5) is 16.5. The zero-order valence-electron chi connectivity index (χ0n) is 11.0. The molecule has 1 N–H and O–H groups in total. The molecule has 2 heterocycles. The zero-order valence-corrected chi connectivity index (χ0v) is 11.0. The van der Waals surface area contributed by atoms with Gasteiger partial charge in [0.1, 0.15) is 6.61 Å². The van der Waals surface area contributed by atoms with Crippen LogP contribution in [-0.2, 0) is 0 Å². The summed E-state index contributed by atoms with van der Waals surface area (Å²) in [5.74, 6) is -1.86. The van der Waals surface area contributed by atoms with Gasteiger partial charge in [-0.2, -0.15) is 0 Å². The van der Waals surface area contributed by atoms with Crippen LogP contribution in [0.2, 0.25) is 0 Å². The number of halogens is 2. The molecule has 1 fully saturated rings. The van der Waals surface area contributed by atoms with Crippen molar-refractivity contribution in [1.82, 2.24) is 4.98 Å². The van der Waals surface area contributed by atoms with E-state index in [1.807, 2.05) is 0 Å². The normalized spacial score (nSPS) is 21.5. The van der Waals surface area contributed by atoms with E-state index >= 15 is 0 Å². The van der Waals surface area contributed by atoms with E-state index in [1.54, 1.807) is 6.07 Å². The van der Waals surface area contributed by atoms with Crippen molar-refractivity contribution in [2.45, 2.75) is 31.6 Å². The number of carbonyl (C=O) groups is 1. The number of hydrogen-bond acceptors (Lipinski definition) is 4. The van der Waals surface area contributed by atoms with Crippen molar-refractivity contribution in [3.8, 4) is 5.75 Å². The Bertz CT molecular complexity index is 524. The third kappa shape index (κ3) is 2.59. The predicted octanol–water partition coefficient (Wildman–Crippen LogP) is 2.89. The summed E-state index contributed by atoms with van der Waals surface area (Å²) >= 11 is 0. The van der Waals surface area contributed by atoms with Gasteiger partial charge in [0.15, 0.2) is 17.4 Å². The molecule has 0 amide bonds. The molecule has 1 aromatic rings. The van der Waals surface area contributed by atoms with Gasteiger partial charge in [0.25, 0.3) is 0 Å². The van der Waals surface area contributed by atoms with Crippen molar-refractivity contribution in [3.63, 3.8) is 0 Å². The predicted molar refractivity (Wildman–Crippen MR) is 69.5 cm³/mol. The van der Waals surface area contributed by atoms with E-state index in [0.29, 0.717) is 30.3 Å². The molecular weight excluding hydrogens is 266 g/mol. The van der Waals surface area contributed by atoms with Gasteiger partial charge in [-0.3, -0.25) is 4.79 Å². The lowest BCUT2D eigenvalue weighted by atomic mass is 9.82. The Morgan fingerprint density at radius 3 is 2.90 bits per heavy atom. The number of ketones is 1. The number of nitrogens with zero attached hydrogens (tertiary/aromatic N) is 1. The molecule has 0 aromatic carbocycles. The Morgan fingerprint density at radius 1 is 1.40 bits per heavy atom. The van der Waals surface area contributed by atoms with Gasteiger partial charge in [0, 0.05) is 30.5 Å². The fraction of sp³-hybridized carbons (Fsp3) is 0.571. The number of nitrogens with one attached hydrogen (secondary N) is 1. The van der Waals surface area contributed by atoms with E-state index in [-0.39, 0.29) is 37.4 Å². The minimum absolute atomic E-state index is 0.107. The molecule has 0 unspecified atom stereocenters. The van der Waals surface area contributed by atoms with Gasteiger partial charge < -0.3 is 10.1 Å². The number of fused-ring (bicyclic) bond motifs is 1. The zero-order chi connectivity index (χ0) is 14.2. The molecule has 3 rings (SSSR count). The van der Waals surface area contributed by atoms with Crippen LogP contribution < -0.4 is 10.1 Å². The highest BCUT2D eigenvalue weighted by Gasteiger charge is 2.37. The quantitative estimate of drug-likeness (QED) is 0.847. The lowest BCUT2D eigenvalue weighted by molar-refractivity contribution is -0.0424. The topological polar surface area (TPSA) is 51.2 Å². The second-order valence-corrected chi connectivity index (χ2v) is 5.34. The SMILES string of the molecule is O=C(c1cnc2c(c1)OCCN2)C1CCC(F)(F)CC1. The number of alkyl halides is 2. The van der Waals surface area contributed by atoms with Crippen molar-refractivity contribution < 1.29 is 18.3 Å². The van der Waals surface area contributed by atoms with E-state index in [0.717, 1.165) is 0 Å². The average molecular weight is 282 g/mol. The maximum Gasteiger partial charge on any atom is 0.248 e. The summed E-state index contributed by atoms with van der Waals surface area (Å²) in [7, 11) is 0. The Hall–Kier alpha value is -1.72. The van der Waals surface area contributed by atoms with Gasteiger partial charge in [-0.05, 0) is 18.9 Å². The molecule has 1 saturated carbocycles. The monoisotopic (exact) mass is 282 g/mol. The van der Waals surface area contributed by atoms with Gasteiger partial charge in [0.05, 0.1) is 6.54 Å². The average Bonchev–Trinajstić information content (AvgIpc) is 2.46. The summed E-state index contributed by atoms with van der Waals surface area (Å²) in [6.07, 6.45) is 1.55. The fourth-order valence-electron chi connectivity index (χ4n) is 2.69. The molecule has 108 valence electrons. The van der Waals surface area contributed by atoms with Crippen molar-refractivity contribution in [3.05, 3.63) is 17.8 Å². The molecule has 0 atom stereocenters. The van der Waals surface area contributed by atoms with Crippen LogP contribution in [0.15, 0.2) is 12.3 Å². The van der Waals surface area contributed by atoms with E-state index < -0.39 is 5.92 Å². The number of hydrogen-bond donors (Lipinski definition) is 1. The third-order valence-electron chi connectivity index (χ3n) is 3.88. The van der Waals surface area contributed by atoms with E-state index in [4.69, 9.17) is 4.74 Å². The largest absolute Gasteiger partial charge is 0.488 e. The molecule has 0 radical (unpaired) electrons. The van der Waals surface area contributed by atoms with Gasteiger partial charge in [-0.15, -0.1) is 0 Å². The summed E-state index contributed by atoms with van der Waals surface area (Å²) in [5, 5.41) is 3.07. The van der Waals surface area contributed by atoms with Crippen LogP contribution in [0, 0.1) is 5.92 Å². The summed E-state index contributed by atoms with van der Waals surface area (Å²) in [6.45, 7) is 1.22. The minimum atomic E-state index is -2.61. The Balaban J connectivity index is 1.74. The first kappa shape index (κ1) is 13.3. The van der Waals surface area contributed by atoms with E-state index in [2.05, 4.69) is 10.3 Å². The van der Waals surface area contributed by atoms with Crippen LogP contribution in [0.4, 0.5) is 14.6 Å². The summed E-state index contributed by atoms with van der Waals surface area (Å²) in [6, 6.07) is 1.66.